The number of hydrogen-bond acceptors (Lipinski definition) is 4. The number of ether oxygens (including phenoxy) is 1. The van der Waals surface area contributed by atoms with Gasteiger partial charge in [-0.25, -0.2) is 5.43 Å². The molecule has 0 saturated carbocycles. The summed E-state index contributed by atoms with van der Waals surface area (Å²) >= 11 is 0. The van der Waals surface area contributed by atoms with E-state index >= 15 is 0 Å². The number of carbonyl (C=O) groups is 1. The molecular weight excluding hydrogens is 304 g/mol. The number of furan rings is 1. The van der Waals surface area contributed by atoms with Crippen molar-refractivity contribution in [3.63, 3.8) is 0 Å². The van der Waals surface area contributed by atoms with Crippen LogP contribution in [0.4, 0.5) is 0 Å². The van der Waals surface area contributed by atoms with E-state index in [1.54, 1.807) is 18.3 Å². The van der Waals surface area contributed by atoms with E-state index in [0.717, 1.165) is 11.1 Å². The van der Waals surface area contributed by atoms with E-state index in [1.807, 2.05) is 54.6 Å². The van der Waals surface area contributed by atoms with Gasteiger partial charge in [-0.15, -0.1) is 0 Å². The Labute approximate surface area is 139 Å². The number of rotatable bonds is 6. The summed E-state index contributed by atoms with van der Waals surface area (Å²) in [5.74, 6) is 0.497. The van der Waals surface area contributed by atoms with Crippen molar-refractivity contribution in [2.75, 3.05) is 0 Å². The Hall–Kier alpha value is -3.34. The molecular formula is C19H16N2O3. The van der Waals surface area contributed by atoms with E-state index < -0.39 is 5.91 Å². The van der Waals surface area contributed by atoms with Crippen LogP contribution in [0.25, 0.3) is 0 Å². The molecule has 3 aromatic rings. The van der Waals surface area contributed by atoms with Gasteiger partial charge >= 0.3 is 5.91 Å². The maximum Gasteiger partial charge on any atom is 0.307 e. The Morgan fingerprint density at radius 1 is 1.04 bits per heavy atom. The second-order valence-corrected chi connectivity index (χ2v) is 4.99. The maximum absolute atomic E-state index is 11.7. The number of benzene rings is 2. The van der Waals surface area contributed by atoms with Crippen molar-refractivity contribution in [2.24, 2.45) is 5.10 Å². The van der Waals surface area contributed by atoms with Gasteiger partial charge in [0, 0.05) is 5.56 Å². The number of hydrogen-bond donors (Lipinski definition) is 1. The average Bonchev–Trinajstić information content (AvgIpc) is 3.16. The van der Waals surface area contributed by atoms with Crippen LogP contribution in [0.3, 0.4) is 0 Å². The molecule has 120 valence electrons. The lowest BCUT2D eigenvalue weighted by Crippen LogP contribution is -2.16. The third-order valence-electron chi connectivity index (χ3n) is 3.27. The zero-order chi connectivity index (χ0) is 16.6. The highest BCUT2D eigenvalue weighted by Gasteiger charge is 2.06. The quantitative estimate of drug-likeness (QED) is 0.557. The first-order valence-corrected chi connectivity index (χ1v) is 7.45. The molecule has 1 heterocycles. The third kappa shape index (κ3) is 4.10. The van der Waals surface area contributed by atoms with Crippen LogP contribution in [0.5, 0.6) is 5.75 Å². The lowest BCUT2D eigenvalue weighted by atomic mass is 10.2. The number of amides is 1. The summed E-state index contributed by atoms with van der Waals surface area (Å²) in [5, 5.41) is 3.95. The van der Waals surface area contributed by atoms with E-state index in [-0.39, 0.29) is 5.76 Å². The predicted molar refractivity (Wildman–Crippen MR) is 91.0 cm³/mol. The van der Waals surface area contributed by atoms with Gasteiger partial charge in [-0.2, -0.15) is 5.10 Å². The lowest BCUT2D eigenvalue weighted by Gasteiger charge is -2.08. The Kier molecular flexibility index (Phi) is 5.04. The van der Waals surface area contributed by atoms with Crippen LogP contribution in [-0.4, -0.2) is 12.1 Å². The van der Waals surface area contributed by atoms with Crippen LogP contribution < -0.4 is 10.2 Å². The molecule has 1 aromatic heterocycles. The Morgan fingerprint density at radius 3 is 2.62 bits per heavy atom. The smallest absolute Gasteiger partial charge is 0.307 e. The molecule has 0 aliphatic carbocycles. The normalized spacial score (nSPS) is 10.7. The molecule has 0 unspecified atom stereocenters. The summed E-state index contributed by atoms with van der Waals surface area (Å²) in [7, 11) is 0. The van der Waals surface area contributed by atoms with Crippen molar-refractivity contribution in [3.05, 3.63) is 89.9 Å². The number of para-hydroxylation sites is 1. The zero-order valence-corrected chi connectivity index (χ0v) is 12.9. The monoisotopic (exact) mass is 320 g/mol. The van der Waals surface area contributed by atoms with E-state index in [0.29, 0.717) is 12.4 Å². The van der Waals surface area contributed by atoms with Gasteiger partial charge in [-0.1, -0.05) is 42.5 Å². The molecule has 0 spiro atoms. The first-order chi connectivity index (χ1) is 11.8. The van der Waals surface area contributed by atoms with Crippen molar-refractivity contribution in [3.8, 4) is 5.75 Å². The van der Waals surface area contributed by atoms with Gasteiger partial charge < -0.3 is 9.15 Å². The van der Waals surface area contributed by atoms with Gasteiger partial charge in [0.2, 0.25) is 0 Å². The largest absolute Gasteiger partial charge is 0.488 e. The summed E-state index contributed by atoms with van der Waals surface area (Å²) in [6, 6.07) is 20.6. The third-order valence-corrected chi connectivity index (χ3v) is 3.27. The van der Waals surface area contributed by atoms with Crippen molar-refractivity contribution in [1.29, 1.82) is 0 Å². The van der Waals surface area contributed by atoms with Gasteiger partial charge in [0.15, 0.2) is 5.76 Å². The molecule has 5 heteroatoms. The minimum absolute atomic E-state index is 0.209. The van der Waals surface area contributed by atoms with Crippen molar-refractivity contribution in [1.82, 2.24) is 5.43 Å². The molecule has 0 aliphatic rings. The standard InChI is InChI=1S/C19H16N2O3/c22-19(18-11-6-12-23-18)21-20-13-16-9-4-5-10-17(16)24-14-15-7-2-1-3-8-15/h1-13H,14H2,(H,21,22). The predicted octanol–water partition coefficient (Wildman–Crippen LogP) is 3.62. The fraction of sp³-hybridized carbons (Fsp3) is 0.0526. The molecule has 24 heavy (non-hydrogen) atoms. The van der Waals surface area contributed by atoms with Crippen LogP contribution >= 0.6 is 0 Å². The first kappa shape index (κ1) is 15.6. The second kappa shape index (κ2) is 7.78. The molecule has 0 fully saturated rings. The number of hydrazone groups is 1. The Balaban J connectivity index is 1.63. The highest BCUT2D eigenvalue weighted by molar-refractivity contribution is 5.92. The van der Waals surface area contributed by atoms with Crippen molar-refractivity contribution in [2.45, 2.75) is 6.61 Å². The molecule has 5 nitrogen and oxygen atoms in total. The summed E-state index contributed by atoms with van der Waals surface area (Å²) in [4.78, 5) is 11.7. The first-order valence-electron chi connectivity index (χ1n) is 7.45. The van der Waals surface area contributed by atoms with Crippen molar-refractivity contribution >= 4 is 12.1 Å². The van der Waals surface area contributed by atoms with Gasteiger partial charge in [-0.3, -0.25) is 4.79 Å². The SMILES string of the molecule is O=C(NN=Cc1ccccc1OCc1ccccc1)c1ccco1. The maximum atomic E-state index is 11.7. The van der Waals surface area contributed by atoms with Crippen LogP contribution in [0.15, 0.2) is 82.5 Å². The topological polar surface area (TPSA) is 63.8 Å². The minimum Gasteiger partial charge on any atom is -0.488 e. The van der Waals surface area contributed by atoms with Gasteiger partial charge in [0.25, 0.3) is 0 Å². The van der Waals surface area contributed by atoms with Gasteiger partial charge in [0.1, 0.15) is 12.4 Å². The zero-order valence-electron chi connectivity index (χ0n) is 12.9. The molecule has 2 aromatic carbocycles. The van der Waals surface area contributed by atoms with E-state index in [2.05, 4.69) is 10.5 Å². The Morgan fingerprint density at radius 2 is 1.83 bits per heavy atom. The molecule has 0 bridgehead atoms. The number of carbonyl (C=O) groups excluding carboxylic acids is 1. The molecule has 1 amide bonds. The average molecular weight is 320 g/mol. The number of nitrogens with one attached hydrogen (secondary N) is 1. The highest BCUT2D eigenvalue weighted by Crippen LogP contribution is 2.17. The molecule has 0 atom stereocenters. The summed E-state index contributed by atoms with van der Waals surface area (Å²) < 4.78 is 10.8. The van der Waals surface area contributed by atoms with Crippen LogP contribution in [0, 0.1) is 0 Å². The minimum atomic E-state index is -0.404. The lowest BCUT2D eigenvalue weighted by molar-refractivity contribution is 0.0927. The van der Waals surface area contributed by atoms with E-state index in [9.17, 15) is 4.79 Å². The van der Waals surface area contributed by atoms with Crippen LogP contribution in [0.1, 0.15) is 21.7 Å². The molecule has 0 radical (unpaired) electrons. The van der Waals surface area contributed by atoms with Gasteiger partial charge in [0.05, 0.1) is 12.5 Å². The summed E-state index contributed by atoms with van der Waals surface area (Å²) in [5.41, 5.74) is 4.27. The van der Waals surface area contributed by atoms with Gasteiger partial charge in [-0.05, 0) is 29.8 Å². The number of nitrogens with zero attached hydrogens (tertiary/aromatic N) is 1. The summed E-state index contributed by atoms with van der Waals surface area (Å²) in [6.07, 6.45) is 2.98. The van der Waals surface area contributed by atoms with Crippen LogP contribution in [-0.2, 0) is 6.61 Å². The molecule has 1 N–H and O–H groups in total. The fourth-order valence-electron chi connectivity index (χ4n) is 2.08. The van der Waals surface area contributed by atoms with Crippen LogP contribution in [0.2, 0.25) is 0 Å². The fourth-order valence-corrected chi connectivity index (χ4v) is 2.08. The Bertz CT molecular complexity index is 812. The highest BCUT2D eigenvalue weighted by atomic mass is 16.5. The molecule has 0 saturated heterocycles. The second-order valence-electron chi connectivity index (χ2n) is 4.99. The molecule has 3 rings (SSSR count). The van der Waals surface area contributed by atoms with E-state index in [4.69, 9.17) is 9.15 Å². The van der Waals surface area contributed by atoms with Crippen molar-refractivity contribution < 1.29 is 13.9 Å². The summed E-state index contributed by atoms with van der Waals surface area (Å²) in [6.45, 7) is 0.463. The molecule has 0 aliphatic heterocycles. The van der Waals surface area contributed by atoms with E-state index in [1.165, 1.54) is 6.26 Å².